The first-order valence-corrected chi connectivity index (χ1v) is 9.57. The minimum absolute atomic E-state index is 0.0486. The normalized spacial score (nSPS) is 24.4. The second kappa shape index (κ2) is 7.82. The smallest absolute Gasteiger partial charge is 0.257 e. The zero-order chi connectivity index (χ0) is 18.8. The number of aryl methyl sites for hydroxylation is 2. The number of hydrogen-bond acceptors (Lipinski definition) is 5. The van der Waals surface area contributed by atoms with E-state index in [0.29, 0.717) is 42.9 Å². The largest absolute Gasteiger partial charge is 0.466 e. The molecule has 27 heavy (non-hydrogen) atoms. The number of carbonyl (C=O) groups excluding carboxylic acids is 1. The Balaban J connectivity index is 1.28. The number of ether oxygens (including phenoxy) is 2. The van der Waals surface area contributed by atoms with Crippen LogP contribution in [0, 0.1) is 25.7 Å². The van der Waals surface area contributed by atoms with Gasteiger partial charge in [0.2, 0.25) is 0 Å². The maximum absolute atomic E-state index is 12.8. The van der Waals surface area contributed by atoms with Gasteiger partial charge in [0.25, 0.3) is 5.91 Å². The lowest BCUT2D eigenvalue weighted by molar-refractivity contribution is 0.0645. The lowest BCUT2D eigenvalue weighted by atomic mass is 9.91. The highest BCUT2D eigenvalue weighted by Crippen LogP contribution is 2.36. The quantitative estimate of drug-likeness (QED) is 0.732. The van der Waals surface area contributed by atoms with Crippen molar-refractivity contribution in [3.05, 3.63) is 53.2 Å². The van der Waals surface area contributed by atoms with Crippen molar-refractivity contribution in [2.45, 2.75) is 33.0 Å². The molecule has 0 radical (unpaired) electrons. The number of aromatic nitrogens is 1. The Morgan fingerprint density at radius 2 is 2.22 bits per heavy atom. The van der Waals surface area contributed by atoms with Crippen LogP contribution in [0.2, 0.25) is 0 Å². The molecule has 1 amide bonds. The first-order valence-electron chi connectivity index (χ1n) is 9.57. The van der Waals surface area contributed by atoms with Crippen LogP contribution in [0.25, 0.3) is 0 Å². The number of pyridine rings is 1. The van der Waals surface area contributed by atoms with E-state index in [4.69, 9.17) is 13.9 Å². The Labute approximate surface area is 159 Å². The van der Waals surface area contributed by atoms with Crippen molar-refractivity contribution in [3.63, 3.8) is 0 Å². The molecule has 2 aromatic heterocycles. The molecule has 2 saturated heterocycles. The number of furan rings is 1. The van der Waals surface area contributed by atoms with Crippen LogP contribution in [0.15, 0.2) is 34.9 Å². The van der Waals surface area contributed by atoms with Gasteiger partial charge in [0.15, 0.2) is 0 Å². The van der Waals surface area contributed by atoms with Gasteiger partial charge in [-0.2, -0.15) is 0 Å². The van der Waals surface area contributed by atoms with Crippen molar-refractivity contribution >= 4 is 5.91 Å². The fourth-order valence-corrected chi connectivity index (χ4v) is 4.17. The zero-order valence-corrected chi connectivity index (χ0v) is 15.9. The SMILES string of the molecule is Cc1cc(C(=O)N2C[C@H]3[C@@H](CCOCc4ccccn4)CO[C@H]3C2)c(C)o1. The number of carbonyl (C=O) groups is 1. The van der Waals surface area contributed by atoms with Crippen LogP contribution in [0.1, 0.15) is 34.0 Å². The molecule has 6 nitrogen and oxygen atoms in total. The predicted octanol–water partition coefficient (Wildman–Crippen LogP) is 2.99. The fraction of sp³-hybridized carbons (Fsp3) is 0.524. The van der Waals surface area contributed by atoms with Crippen molar-refractivity contribution in [3.8, 4) is 0 Å². The summed E-state index contributed by atoms with van der Waals surface area (Å²) in [5, 5.41) is 0. The van der Waals surface area contributed by atoms with Crippen molar-refractivity contribution < 1.29 is 18.7 Å². The van der Waals surface area contributed by atoms with Gasteiger partial charge < -0.3 is 18.8 Å². The summed E-state index contributed by atoms with van der Waals surface area (Å²) in [6, 6.07) is 7.66. The van der Waals surface area contributed by atoms with E-state index < -0.39 is 0 Å². The molecule has 3 atom stereocenters. The summed E-state index contributed by atoms with van der Waals surface area (Å²) >= 11 is 0. The Kier molecular flexibility index (Phi) is 5.27. The van der Waals surface area contributed by atoms with Crippen LogP contribution in [-0.2, 0) is 16.1 Å². The second-order valence-electron chi connectivity index (χ2n) is 7.50. The molecule has 144 valence electrons. The molecular formula is C21H26N2O4. The highest BCUT2D eigenvalue weighted by atomic mass is 16.5. The number of rotatable bonds is 6. The fourth-order valence-electron chi connectivity index (χ4n) is 4.17. The predicted molar refractivity (Wildman–Crippen MR) is 99.3 cm³/mol. The third-order valence-corrected chi connectivity index (χ3v) is 5.61. The molecule has 2 fully saturated rings. The van der Waals surface area contributed by atoms with Crippen molar-refractivity contribution in [2.75, 3.05) is 26.3 Å². The van der Waals surface area contributed by atoms with Gasteiger partial charge in [-0.15, -0.1) is 0 Å². The molecule has 0 spiro atoms. The Morgan fingerprint density at radius 1 is 1.33 bits per heavy atom. The topological polar surface area (TPSA) is 64.8 Å². The molecular weight excluding hydrogens is 344 g/mol. The van der Waals surface area contributed by atoms with E-state index in [0.717, 1.165) is 31.0 Å². The summed E-state index contributed by atoms with van der Waals surface area (Å²) in [4.78, 5) is 19.0. The summed E-state index contributed by atoms with van der Waals surface area (Å²) in [5.74, 6) is 2.33. The Bertz CT molecular complexity index is 789. The standard InChI is InChI=1S/C21H26N2O4/c1-14-9-18(15(2)27-14)21(24)23-10-19-16(12-26-20(19)11-23)6-8-25-13-17-5-3-4-7-22-17/h3-5,7,9,16,19-20H,6,8,10-13H2,1-2H3/t16-,19-,20-/m0/s1. The van der Waals surface area contributed by atoms with E-state index in [2.05, 4.69) is 4.98 Å². The summed E-state index contributed by atoms with van der Waals surface area (Å²) < 4.78 is 17.3. The van der Waals surface area contributed by atoms with Crippen LogP contribution in [0.4, 0.5) is 0 Å². The molecule has 2 aliphatic heterocycles. The minimum Gasteiger partial charge on any atom is -0.466 e. The molecule has 4 rings (SSSR count). The highest BCUT2D eigenvalue weighted by Gasteiger charge is 2.45. The number of fused-ring (bicyclic) bond motifs is 1. The van der Waals surface area contributed by atoms with Gasteiger partial charge in [0.05, 0.1) is 30.6 Å². The van der Waals surface area contributed by atoms with Gasteiger partial charge in [-0.1, -0.05) is 6.07 Å². The number of nitrogens with zero attached hydrogens (tertiary/aromatic N) is 2. The van der Waals surface area contributed by atoms with E-state index in [1.54, 1.807) is 6.20 Å². The van der Waals surface area contributed by atoms with Crippen LogP contribution < -0.4 is 0 Å². The summed E-state index contributed by atoms with van der Waals surface area (Å²) in [6.07, 6.45) is 2.87. The molecule has 2 aliphatic rings. The highest BCUT2D eigenvalue weighted by molar-refractivity contribution is 5.95. The van der Waals surface area contributed by atoms with Crippen LogP contribution in [0.5, 0.6) is 0 Å². The molecule has 2 aromatic rings. The molecule has 0 aliphatic carbocycles. The van der Waals surface area contributed by atoms with Crippen molar-refractivity contribution in [1.82, 2.24) is 9.88 Å². The third-order valence-electron chi connectivity index (χ3n) is 5.61. The molecule has 0 N–H and O–H groups in total. The van der Waals surface area contributed by atoms with Crippen LogP contribution >= 0.6 is 0 Å². The first kappa shape index (κ1) is 18.2. The Morgan fingerprint density at radius 3 is 2.96 bits per heavy atom. The van der Waals surface area contributed by atoms with E-state index in [1.807, 2.05) is 43.0 Å². The average Bonchev–Trinajstić information content (AvgIpc) is 3.34. The molecule has 0 bridgehead atoms. The van der Waals surface area contributed by atoms with Gasteiger partial charge in [-0.3, -0.25) is 9.78 Å². The number of amides is 1. The monoisotopic (exact) mass is 370 g/mol. The van der Waals surface area contributed by atoms with Gasteiger partial charge in [-0.25, -0.2) is 0 Å². The molecule has 0 saturated carbocycles. The van der Waals surface area contributed by atoms with E-state index in [9.17, 15) is 4.79 Å². The van der Waals surface area contributed by atoms with Crippen LogP contribution in [0.3, 0.4) is 0 Å². The maximum atomic E-state index is 12.8. The lowest BCUT2D eigenvalue weighted by Crippen LogP contribution is -2.31. The maximum Gasteiger partial charge on any atom is 0.257 e. The molecule has 4 heterocycles. The summed E-state index contributed by atoms with van der Waals surface area (Å²) in [5.41, 5.74) is 1.61. The van der Waals surface area contributed by atoms with Gasteiger partial charge in [0, 0.05) is 31.8 Å². The van der Waals surface area contributed by atoms with E-state index in [1.165, 1.54) is 0 Å². The number of hydrogen-bond donors (Lipinski definition) is 0. The molecule has 0 aromatic carbocycles. The van der Waals surface area contributed by atoms with E-state index in [-0.39, 0.29) is 12.0 Å². The van der Waals surface area contributed by atoms with E-state index >= 15 is 0 Å². The van der Waals surface area contributed by atoms with Crippen molar-refractivity contribution in [1.29, 1.82) is 0 Å². The van der Waals surface area contributed by atoms with Gasteiger partial charge >= 0.3 is 0 Å². The lowest BCUT2D eigenvalue weighted by Gasteiger charge is -2.19. The molecule has 6 heteroatoms. The average molecular weight is 370 g/mol. The number of likely N-dealkylation sites (tertiary alicyclic amines) is 1. The molecule has 0 unspecified atom stereocenters. The van der Waals surface area contributed by atoms with Gasteiger partial charge in [-0.05, 0) is 44.4 Å². The summed E-state index contributed by atoms with van der Waals surface area (Å²) in [7, 11) is 0. The third kappa shape index (κ3) is 3.92. The minimum atomic E-state index is 0.0486. The van der Waals surface area contributed by atoms with Crippen LogP contribution in [-0.4, -0.2) is 48.2 Å². The Hall–Kier alpha value is -2.18. The summed E-state index contributed by atoms with van der Waals surface area (Å²) in [6.45, 7) is 7.10. The van der Waals surface area contributed by atoms with Gasteiger partial charge in [0.1, 0.15) is 11.5 Å². The first-order chi connectivity index (χ1) is 13.1. The second-order valence-corrected chi connectivity index (χ2v) is 7.50. The zero-order valence-electron chi connectivity index (χ0n) is 15.9. The van der Waals surface area contributed by atoms with Crippen molar-refractivity contribution in [2.24, 2.45) is 11.8 Å².